The van der Waals surface area contributed by atoms with Gasteiger partial charge in [0.25, 0.3) is 5.91 Å². The minimum Gasteiger partial charge on any atom is -0.503 e. The lowest BCUT2D eigenvalue weighted by Crippen LogP contribution is -2.30. The molecule has 33 heavy (non-hydrogen) atoms. The number of pyridine rings is 1. The van der Waals surface area contributed by atoms with Crippen molar-refractivity contribution in [3.05, 3.63) is 94.9 Å². The van der Waals surface area contributed by atoms with E-state index in [0.29, 0.717) is 23.7 Å². The van der Waals surface area contributed by atoms with Gasteiger partial charge in [0.15, 0.2) is 11.5 Å². The maximum Gasteiger partial charge on any atom is 0.290 e. The zero-order valence-electron chi connectivity index (χ0n) is 18.7. The van der Waals surface area contributed by atoms with Gasteiger partial charge in [-0.1, -0.05) is 25.5 Å². The topological polar surface area (TPSA) is 92.9 Å². The molecule has 0 bridgehead atoms. The van der Waals surface area contributed by atoms with Crippen molar-refractivity contribution in [3.63, 3.8) is 0 Å². The monoisotopic (exact) mass is 446 g/mol. The van der Waals surface area contributed by atoms with Crippen molar-refractivity contribution in [3.8, 4) is 5.75 Å². The summed E-state index contributed by atoms with van der Waals surface area (Å²) in [6, 6.07) is 13.3. The SMILES string of the molecule is CCCCOc1cccc(C2C(C(=O)c3ccc(C)o3)=C(O)C(=O)N2Cc2ccncc2)c1. The predicted molar refractivity (Wildman–Crippen MR) is 122 cm³/mol. The van der Waals surface area contributed by atoms with Gasteiger partial charge in [0.1, 0.15) is 11.5 Å². The number of aliphatic hydroxyl groups excluding tert-OH is 1. The Hall–Kier alpha value is -3.87. The average Bonchev–Trinajstić information content (AvgIpc) is 3.36. The third-order valence-electron chi connectivity index (χ3n) is 5.56. The maximum absolute atomic E-state index is 13.4. The molecular weight excluding hydrogens is 420 g/mol. The van der Waals surface area contributed by atoms with Crippen LogP contribution in [-0.4, -0.2) is 33.3 Å². The Balaban J connectivity index is 1.75. The molecule has 7 heteroatoms. The van der Waals surface area contributed by atoms with Crippen LogP contribution in [0, 0.1) is 6.92 Å². The number of Topliss-reactive ketones (excluding diaryl/α,β-unsaturated/α-hetero) is 1. The number of furan rings is 1. The molecule has 0 fully saturated rings. The van der Waals surface area contributed by atoms with Crippen LogP contribution in [0.25, 0.3) is 0 Å². The number of unbranched alkanes of at least 4 members (excludes halogenated alkanes) is 1. The molecule has 0 spiro atoms. The molecule has 1 aromatic carbocycles. The molecule has 3 aromatic rings. The number of carbonyl (C=O) groups is 2. The summed E-state index contributed by atoms with van der Waals surface area (Å²) in [5.41, 5.74) is 1.49. The van der Waals surface area contributed by atoms with Crippen molar-refractivity contribution in [2.75, 3.05) is 6.61 Å². The van der Waals surface area contributed by atoms with Crippen LogP contribution < -0.4 is 4.74 Å². The Morgan fingerprint density at radius 2 is 1.97 bits per heavy atom. The summed E-state index contributed by atoms with van der Waals surface area (Å²) < 4.78 is 11.4. The van der Waals surface area contributed by atoms with Crippen LogP contribution in [0.4, 0.5) is 0 Å². The maximum atomic E-state index is 13.4. The molecule has 1 aliphatic heterocycles. The highest BCUT2D eigenvalue weighted by Crippen LogP contribution is 2.41. The first-order valence-electron chi connectivity index (χ1n) is 11.0. The number of aliphatic hydroxyl groups is 1. The van der Waals surface area contributed by atoms with E-state index in [0.717, 1.165) is 18.4 Å². The molecule has 2 aromatic heterocycles. The number of ketones is 1. The molecule has 0 aliphatic carbocycles. The van der Waals surface area contributed by atoms with Crippen molar-refractivity contribution in [2.24, 2.45) is 0 Å². The van der Waals surface area contributed by atoms with Crippen molar-refractivity contribution in [2.45, 2.75) is 39.3 Å². The number of hydrogen-bond donors (Lipinski definition) is 1. The number of rotatable bonds is 9. The molecule has 3 heterocycles. The van der Waals surface area contributed by atoms with E-state index in [1.54, 1.807) is 43.6 Å². The lowest BCUT2D eigenvalue weighted by atomic mass is 9.94. The van der Waals surface area contributed by atoms with Crippen molar-refractivity contribution in [1.82, 2.24) is 9.88 Å². The number of aryl methyl sites for hydroxylation is 1. The van der Waals surface area contributed by atoms with Gasteiger partial charge in [-0.05, 0) is 60.9 Å². The Morgan fingerprint density at radius 3 is 2.67 bits per heavy atom. The predicted octanol–water partition coefficient (Wildman–Crippen LogP) is 4.94. The molecule has 1 unspecified atom stereocenters. The van der Waals surface area contributed by atoms with Gasteiger partial charge in [0.05, 0.1) is 18.2 Å². The highest BCUT2D eigenvalue weighted by molar-refractivity contribution is 6.15. The number of ether oxygens (including phenoxy) is 1. The molecule has 170 valence electrons. The van der Waals surface area contributed by atoms with Crippen LogP contribution in [-0.2, 0) is 11.3 Å². The van der Waals surface area contributed by atoms with Crippen molar-refractivity contribution in [1.29, 1.82) is 0 Å². The first-order valence-corrected chi connectivity index (χ1v) is 11.0. The number of carbonyl (C=O) groups excluding carboxylic acids is 2. The summed E-state index contributed by atoms with van der Waals surface area (Å²) in [5.74, 6) is -0.406. The molecule has 1 amide bonds. The second-order valence-corrected chi connectivity index (χ2v) is 7.97. The highest BCUT2D eigenvalue weighted by atomic mass is 16.5. The summed E-state index contributed by atoms with van der Waals surface area (Å²) in [6.45, 7) is 4.59. The quantitative estimate of drug-likeness (QED) is 0.370. The van der Waals surface area contributed by atoms with Gasteiger partial charge >= 0.3 is 0 Å². The Kier molecular flexibility index (Phi) is 6.58. The Labute approximate surface area is 192 Å². The van der Waals surface area contributed by atoms with Crippen molar-refractivity contribution < 1.29 is 23.8 Å². The van der Waals surface area contributed by atoms with Crippen LogP contribution >= 0.6 is 0 Å². The van der Waals surface area contributed by atoms with Gasteiger partial charge in [-0.25, -0.2) is 0 Å². The van der Waals surface area contributed by atoms with Gasteiger partial charge < -0.3 is 19.2 Å². The van der Waals surface area contributed by atoms with Crippen LogP contribution in [0.15, 0.2) is 76.7 Å². The molecule has 0 radical (unpaired) electrons. The third kappa shape index (κ3) is 4.67. The number of aromatic nitrogens is 1. The van der Waals surface area contributed by atoms with Crippen LogP contribution in [0.3, 0.4) is 0 Å². The molecule has 4 rings (SSSR count). The van der Waals surface area contributed by atoms with E-state index in [1.807, 2.05) is 24.3 Å². The second-order valence-electron chi connectivity index (χ2n) is 7.97. The summed E-state index contributed by atoms with van der Waals surface area (Å²) in [5, 5.41) is 10.8. The number of hydrogen-bond acceptors (Lipinski definition) is 6. The molecule has 7 nitrogen and oxygen atoms in total. The highest BCUT2D eigenvalue weighted by Gasteiger charge is 2.44. The summed E-state index contributed by atoms with van der Waals surface area (Å²) in [7, 11) is 0. The Bertz CT molecular complexity index is 1180. The third-order valence-corrected chi connectivity index (χ3v) is 5.56. The number of benzene rings is 1. The largest absolute Gasteiger partial charge is 0.503 e. The zero-order chi connectivity index (χ0) is 23.4. The second kappa shape index (κ2) is 9.73. The lowest BCUT2D eigenvalue weighted by Gasteiger charge is -2.27. The molecule has 1 atom stereocenters. The van der Waals surface area contributed by atoms with Gasteiger partial charge in [0, 0.05) is 18.9 Å². The van der Waals surface area contributed by atoms with E-state index in [4.69, 9.17) is 9.15 Å². The Morgan fingerprint density at radius 1 is 1.18 bits per heavy atom. The van der Waals surface area contributed by atoms with E-state index in [1.165, 1.54) is 4.90 Å². The van der Waals surface area contributed by atoms with Gasteiger partial charge in [-0.2, -0.15) is 0 Å². The van der Waals surface area contributed by atoms with E-state index in [9.17, 15) is 14.7 Å². The zero-order valence-corrected chi connectivity index (χ0v) is 18.7. The lowest BCUT2D eigenvalue weighted by molar-refractivity contribution is -0.130. The van der Waals surface area contributed by atoms with Gasteiger partial charge in [-0.3, -0.25) is 14.6 Å². The summed E-state index contributed by atoms with van der Waals surface area (Å²) in [6.07, 6.45) is 5.20. The summed E-state index contributed by atoms with van der Waals surface area (Å²) >= 11 is 0. The van der Waals surface area contributed by atoms with E-state index in [-0.39, 0.29) is 17.9 Å². The summed E-state index contributed by atoms with van der Waals surface area (Å²) in [4.78, 5) is 32.0. The first kappa shape index (κ1) is 22.3. The standard InChI is InChI=1S/C26H26N2O5/c1-3-4-14-32-20-7-5-6-19(15-20)23-22(24(29)21-9-8-17(2)33-21)25(30)26(31)28(23)16-18-10-12-27-13-11-18/h5-13,15,23,30H,3-4,14,16H2,1-2H3. The molecule has 1 aliphatic rings. The minimum atomic E-state index is -0.793. The fourth-order valence-electron chi connectivity index (χ4n) is 3.88. The van der Waals surface area contributed by atoms with Crippen molar-refractivity contribution >= 4 is 11.7 Å². The van der Waals surface area contributed by atoms with Crippen LogP contribution in [0.1, 0.15) is 53.2 Å². The van der Waals surface area contributed by atoms with E-state index in [2.05, 4.69) is 11.9 Å². The normalized spacial score (nSPS) is 15.9. The smallest absolute Gasteiger partial charge is 0.290 e. The van der Waals surface area contributed by atoms with Crippen LogP contribution in [0.2, 0.25) is 0 Å². The molecule has 1 N–H and O–H groups in total. The van der Waals surface area contributed by atoms with Gasteiger partial charge in [0.2, 0.25) is 5.78 Å². The van der Waals surface area contributed by atoms with E-state index < -0.39 is 23.5 Å². The van der Waals surface area contributed by atoms with Crippen LogP contribution in [0.5, 0.6) is 5.75 Å². The fourth-order valence-corrected chi connectivity index (χ4v) is 3.88. The molecule has 0 saturated carbocycles. The molecular formula is C26H26N2O5. The van der Waals surface area contributed by atoms with E-state index >= 15 is 0 Å². The molecule has 0 saturated heterocycles. The fraction of sp³-hybridized carbons (Fsp3) is 0.269. The van der Waals surface area contributed by atoms with Gasteiger partial charge in [-0.15, -0.1) is 0 Å². The average molecular weight is 447 g/mol. The number of nitrogens with zero attached hydrogens (tertiary/aromatic N) is 2. The minimum absolute atomic E-state index is 0.00545. The first-order chi connectivity index (χ1) is 16.0. The number of amides is 1.